The van der Waals surface area contributed by atoms with Crippen molar-refractivity contribution in [1.29, 1.82) is 5.41 Å². The highest BCUT2D eigenvalue weighted by Gasteiger charge is 1.96. The van der Waals surface area contributed by atoms with Crippen LogP contribution < -0.4 is 5.32 Å². The number of nitrogens with one attached hydrogen (secondary N) is 2. The van der Waals surface area contributed by atoms with Crippen molar-refractivity contribution >= 4 is 6.34 Å². The van der Waals surface area contributed by atoms with Crippen molar-refractivity contribution in [2.75, 3.05) is 0 Å². The Bertz CT molecular complexity index is 435. The summed E-state index contributed by atoms with van der Waals surface area (Å²) in [6.45, 7) is 4.53. The van der Waals surface area contributed by atoms with E-state index in [1.54, 1.807) is 17.3 Å². The first-order valence-electron chi connectivity index (χ1n) is 5.28. The van der Waals surface area contributed by atoms with Gasteiger partial charge in [0.1, 0.15) is 0 Å². The molecule has 4 heteroatoms. The normalized spacial score (nSPS) is 8.59. The number of rotatable bonds is 4. The molecule has 0 aromatic carbocycles. The van der Waals surface area contributed by atoms with Crippen molar-refractivity contribution in [3.8, 4) is 12.1 Å². The summed E-state index contributed by atoms with van der Waals surface area (Å²) in [4.78, 5) is 5.60. The van der Waals surface area contributed by atoms with Gasteiger partial charge >= 0.3 is 0 Å². The highest BCUT2D eigenvalue weighted by molar-refractivity contribution is 5.54. The standard InChI is InChI=1S/C13H16N4/c1-12(2)8-16-6-7-17(11-14)10-13-4-3-5-15-9-13/h3-5,8-9,11,14,16H,10H2,1-2H3. The summed E-state index contributed by atoms with van der Waals surface area (Å²) in [6, 6.07) is 9.42. The van der Waals surface area contributed by atoms with Gasteiger partial charge in [0.05, 0.1) is 12.9 Å². The zero-order chi connectivity index (χ0) is 12.5. The van der Waals surface area contributed by atoms with Crippen molar-refractivity contribution < 1.29 is 0 Å². The van der Waals surface area contributed by atoms with Crippen molar-refractivity contribution in [2.45, 2.75) is 20.4 Å². The Kier molecular flexibility index (Phi) is 5.32. The summed E-state index contributed by atoms with van der Waals surface area (Å²) in [5, 5.41) is 10.1. The van der Waals surface area contributed by atoms with Gasteiger partial charge in [0.2, 0.25) is 0 Å². The molecule has 0 unspecified atom stereocenters. The molecule has 2 N–H and O–H groups in total. The second-order valence-corrected chi connectivity index (χ2v) is 3.72. The molecular weight excluding hydrogens is 212 g/mol. The topological polar surface area (TPSA) is 52.0 Å². The van der Waals surface area contributed by atoms with Gasteiger partial charge in [0.25, 0.3) is 0 Å². The van der Waals surface area contributed by atoms with E-state index in [0.717, 1.165) is 11.1 Å². The second-order valence-electron chi connectivity index (χ2n) is 3.72. The van der Waals surface area contributed by atoms with Crippen LogP contribution in [0.2, 0.25) is 0 Å². The monoisotopic (exact) mass is 228 g/mol. The number of hydrogen-bond donors (Lipinski definition) is 2. The van der Waals surface area contributed by atoms with Gasteiger partial charge in [0.15, 0.2) is 0 Å². The Labute approximate surface area is 102 Å². The van der Waals surface area contributed by atoms with Gasteiger partial charge in [-0.1, -0.05) is 11.6 Å². The summed E-state index contributed by atoms with van der Waals surface area (Å²) < 4.78 is 0. The molecule has 0 aliphatic rings. The third-order valence-electron chi connectivity index (χ3n) is 1.86. The molecule has 0 aliphatic heterocycles. The lowest BCUT2D eigenvalue weighted by Gasteiger charge is -2.09. The summed E-state index contributed by atoms with van der Waals surface area (Å²) in [5.41, 5.74) is 2.17. The van der Waals surface area contributed by atoms with Crippen LogP contribution in [0.15, 0.2) is 36.3 Å². The van der Waals surface area contributed by atoms with Crippen LogP contribution in [-0.2, 0) is 6.54 Å². The van der Waals surface area contributed by atoms with E-state index in [4.69, 9.17) is 5.41 Å². The molecule has 0 radical (unpaired) electrons. The van der Waals surface area contributed by atoms with E-state index in [2.05, 4.69) is 22.4 Å². The largest absolute Gasteiger partial charge is 0.320 e. The van der Waals surface area contributed by atoms with E-state index in [1.165, 1.54) is 6.34 Å². The summed E-state index contributed by atoms with van der Waals surface area (Å²) in [6.07, 6.45) is 6.51. The first-order chi connectivity index (χ1) is 8.22. The van der Waals surface area contributed by atoms with Crippen LogP contribution >= 0.6 is 0 Å². The van der Waals surface area contributed by atoms with E-state index in [0.29, 0.717) is 6.54 Å². The van der Waals surface area contributed by atoms with E-state index in [9.17, 15) is 0 Å². The quantitative estimate of drug-likeness (QED) is 0.358. The SMILES string of the molecule is CC(C)=CNC#CN(C=N)Cc1cccnc1. The molecule has 0 saturated heterocycles. The van der Waals surface area contributed by atoms with Crippen molar-refractivity contribution in [3.05, 3.63) is 41.9 Å². The molecule has 1 rings (SSSR count). The highest BCUT2D eigenvalue weighted by Crippen LogP contribution is 1.99. The number of allylic oxidation sites excluding steroid dienone is 1. The predicted octanol–water partition coefficient (Wildman–Crippen LogP) is 1.92. The van der Waals surface area contributed by atoms with Crippen LogP contribution in [0.5, 0.6) is 0 Å². The summed E-state index contributed by atoms with van der Waals surface area (Å²) >= 11 is 0. The maximum Gasteiger partial charge on any atom is 0.0937 e. The molecule has 0 spiro atoms. The van der Waals surface area contributed by atoms with Gasteiger partial charge in [-0.25, -0.2) is 0 Å². The molecular formula is C13H16N4. The molecule has 1 heterocycles. The molecule has 0 fully saturated rings. The number of nitrogens with zero attached hydrogens (tertiary/aromatic N) is 2. The Balaban J connectivity index is 2.55. The molecule has 0 saturated carbocycles. The lowest BCUT2D eigenvalue weighted by Crippen LogP contribution is -2.15. The van der Waals surface area contributed by atoms with Gasteiger partial charge < -0.3 is 5.32 Å². The van der Waals surface area contributed by atoms with Gasteiger partial charge in [-0.15, -0.1) is 0 Å². The fourth-order valence-corrected chi connectivity index (χ4v) is 1.09. The molecule has 0 aliphatic carbocycles. The Morgan fingerprint density at radius 1 is 1.59 bits per heavy atom. The Hall–Kier alpha value is -2.28. The van der Waals surface area contributed by atoms with Gasteiger partial charge in [-0.2, -0.15) is 0 Å². The van der Waals surface area contributed by atoms with Crippen molar-refractivity contribution in [3.63, 3.8) is 0 Å². The molecule has 0 amide bonds. The van der Waals surface area contributed by atoms with E-state index in [-0.39, 0.29) is 0 Å². The first kappa shape index (κ1) is 12.8. The van der Waals surface area contributed by atoms with Crippen LogP contribution in [0.25, 0.3) is 0 Å². The lowest BCUT2D eigenvalue weighted by atomic mass is 10.3. The molecule has 1 aromatic heterocycles. The Morgan fingerprint density at radius 2 is 2.41 bits per heavy atom. The minimum atomic E-state index is 0.556. The zero-order valence-corrected chi connectivity index (χ0v) is 10.1. The van der Waals surface area contributed by atoms with E-state index < -0.39 is 0 Å². The van der Waals surface area contributed by atoms with E-state index >= 15 is 0 Å². The van der Waals surface area contributed by atoms with Gasteiger partial charge in [-0.3, -0.25) is 15.3 Å². The van der Waals surface area contributed by atoms with Crippen LogP contribution in [0.1, 0.15) is 19.4 Å². The molecule has 0 atom stereocenters. The molecule has 0 bridgehead atoms. The van der Waals surface area contributed by atoms with Crippen LogP contribution in [-0.4, -0.2) is 16.2 Å². The van der Waals surface area contributed by atoms with Crippen LogP contribution in [0.3, 0.4) is 0 Å². The average Bonchev–Trinajstić information content (AvgIpc) is 2.34. The molecule has 17 heavy (non-hydrogen) atoms. The minimum Gasteiger partial charge on any atom is -0.320 e. The predicted molar refractivity (Wildman–Crippen MR) is 68.9 cm³/mol. The number of pyridine rings is 1. The molecule has 88 valence electrons. The third-order valence-corrected chi connectivity index (χ3v) is 1.86. The molecule has 4 nitrogen and oxygen atoms in total. The Morgan fingerprint density at radius 3 is 3.00 bits per heavy atom. The maximum absolute atomic E-state index is 7.26. The lowest BCUT2D eigenvalue weighted by molar-refractivity contribution is 0.592. The smallest absolute Gasteiger partial charge is 0.0937 e. The summed E-state index contributed by atoms with van der Waals surface area (Å²) in [7, 11) is 0. The van der Waals surface area contributed by atoms with E-state index in [1.807, 2.05) is 32.2 Å². The average molecular weight is 228 g/mol. The third kappa shape index (κ3) is 5.38. The number of aromatic nitrogens is 1. The fraction of sp³-hybridized carbons (Fsp3) is 0.231. The first-order valence-corrected chi connectivity index (χ1v) is 5.28. The zero-order valence-electron chi connectivity index (χ0n) is 10.1. The number of hydrogen-bond acceptors (Lipinski definition) is 3. The fourth-order valence-electron chi connectivity index (χ4n) is 1.09. The second kappa shape index (κ2) is 7.07. The van der Waals surface area contributed by atoms with Gasteiger partial charge in [0, 0.05) is 30.7 Å². The van der Waals surface area contributed by atoms with Crippen LogP contribution in [0, 0.1) is 17.5 Å². The van der Waals surface area contributed by atoms with Crippen LogP contribution in [0.4, 0.5) is 0 Å². The maximum atomic E-state index is 7.26. The van der Waals surface area contributed by atoms with Crippen molar-refractivity contribution in [1.82, 2.24) is 15.2 Å². The highest BCUT2D eigenvalue weighted by atomic mass is 15.1. The summed E-state index contributed by atoms with van der Waals surface area (Å²) in [5.74, 6) is 0. The molecule has 1 aromatic rings. The van der Waals surface area contributed by atoms with Gasteiger partial charge in [-0.05, 0) is 25.5 Å². The van der Waals surface area contributed by atoms with Crippen molar-refractivity contribution in [2.24, 2.45) is 0 Å². The minimum absolute atomic E-state index is 0.556.